The van der Waals surface area contributed by atoms with E-state index in [0.29, 0.717) is 0 Å². The van der Waals surface area contributed by atoms with Gasteiger partial charge in [-0.15, -0.1) is 6.58 Å². The number of aliphatic imine (C=N–C) groups is 1. The van der Waals surface area contributed by atoms with Crippen LogP contribution in [0.15, 0.2) is 17.6 Å². The van der Waals surface area contributed by atoms with Gasteiger partial charge in [-0.2, -0.15) is 0 Å². The second-order valence-corrected chi connectivity index (χ2v) is 3.40. The predicted molar refractivity (Wildman–Crippen MR) is 50.1 cm³/mol. The first-order valence-corrected chi connectivity index (χ1v) is 4.38. The smallest absolute Gasteiger partial charge is 0.0273 e. The van der Waals surface area contributed by atoms with Crippen LogP contribution in [-0.2, 0) is 0 Å². The molecule has 0 heterocycles. The third-order valence-electron chi connectivity index (χ3n) is 2.45. The second-order valence-electron chi connectivity index (χ2n) is 3.40. The van der Waals surface area contributed by atoms with Crippen molar-refractivity contribution in [2.24, 2.45) is 16.8 Å². The summed E-state index contributed by atoms with van der Waals surface area (Å²) in [4.78, 5) is 3.98. The van der Waals surface area contributed by atoms with E-state index in [9.17, 15) is 0 Å². The molecular formula is C10H17N. The molecule has 0 saturated heterocycles. The number of nitrogens with zero attached hydrogens (tertiary/aromatic N) is 1. The average molecular weight is 151 g/mol. The molecule has 11 heavy (non-hydrogen) atoms. The lowest BCUT2D eigenvalue weighted by molar-refractivity contribution is 0.203. The molecular weight excluding hydrogens is 134 g/mol. The van der Waals surface area contributed by atoms with Crippen LogP contribution < -0.4 is 0 Å². The molecule has 1 saturated carbocycles. The molecule has 0 aromatic rings. The van der Waals surface area contributed by atoms with Crippen LogP contribution in [0.25, 0.3) is 0 Å². The summed E-state index contributed by atoms with van der Waals surface area (Å²) in [5.74, 6) is 1.85. The Hall–Kier alpha value is -0.590. The maximum atomic E-state index is 3.98. The van der Waals surface area contributed by atoms with Crippen molar-refractivity contribution in [3.63, 3.8) is 0 Å². The Morgan fingerprint density at radius 1 is 1.36 bits per heavy atom. The van der Waals surface area contributed by atoms with Gasteiger partial charge in [0.05, 0.1) is 0 Å². The third kappa shape index (κ3) is 2.49. The van der Waals surface area contributed by atoms with Crippen LogP contribution >= 0.6 is 0 Å². The van der Waals surface area contributed by atoms with Crippen molar-refractivity contribution < 1.29 is 0 Å². The van der Waals surface area contributed by atoms with Crippen LogP contribution in [0.2, 0.25) is 0 Å². The van der Waals surface area contributed by atoms with Crippen molar-refractivity contribution in [3.8, 4) is 0 Å². The van der Waals surface area contributed by atoms with Gasteiger partial charge in [0.2, 0.25) is 0 Å². The summed E-state index contributed by atoms with van der Waals surface area (Å²) in [5, 5.41) is 0. The topological polar surface area (TPSA) is 12.4 Å². The van der Waals surface area contributed by atoms with Crippen molar-refractivity contribution in [2.75, 3.05) is 7.05 Å². The Morgan fingerprint density at radius 3 is 2.55 bits per heavy atom. The molecule has 0 spiro atoms. The van der Waals surface area contributed by atoms with Gasteiger partial charge < -0.3 is 4.99 Å². The molecule has 1 nitrogen and oxygen atoms in total. The highest BCUT2D eigenvalue weighted by Crippen LogP contribution is 2.37. The van der Waals surface area contributed by atoms with Crippen LogP contribution in [0.4, 0.5) is 0 Å². The van der Waals surface area contributed by atoms with Gasteiger partial charge in [-0.1, -0.05) is 6.08 Å². The molecule has 1 aliphatic rings. The number of hydrogen-bond donors (Lipinski definition) is 0. The summed E-state index contributed by atoms with van der Waals surface area (Å²) in [7, 11) is 1.85. The van der Waals surface area contributed by atoms with Crippen LogP contribution in [0.1, 0.15) is 25.7 Å². The number of allylic oxidation sites excluding steroid dienone is 1. The highest BCUT2D eigenvalue weighted by atomic mass is 14.6. The predicted octanol–water partition coefficient (Wildman–Crippen LogP) is 2.68. The summed E-state index contributed by atoms with van der Waals surface area (Å²) in [6.07, 6.45) is 9.24. The van der Waals surface area contributed by atoms with Gasteiger partial charge >= 0.3 is 0 Å². The quantitative estimate of drug-likeness (QED) is 0.432. The van der Waals surface area contributed by atoms with Crippen molar-refractivity contribution in [1.82, 2.24) is 0 Å². The number of rotatable bonds is 4. The summed E-state index contributed by atoms with van der Waals surface area (Å²) in [6.45, 7) is 3.74. The molecule has 0 unspecified atom stereocenters. The Labute approximate surface area is 69.2 Å². The van der Waals surface area contributed by atoms with E-state index in [1.165, 1.54) is 25.7 Å². The summed E-state index contributed by atoms with van der Waals surface area (Å²) < 4.78 is 0. The first kappa shape index (κ1) is 8.51. The zero-order valence-corrected chi connectivity index (χ0v) is 7.29. The first-order valence-electron chi connectivity index (χ1n) is 4.38. The maximum absolute atomic E-state index is 3.98. The lowest BCUT2D eigenvalue weighted by Crippen LogP contribution is -2.23. The molecule has 1 aliphatic carbocycles. The fourth-order valence-corrected chi connectivity index (χ4v) is 1.75. The minimum atomic E-state index is 0.920. The molecule has 0 aromatic carbocycles. The lowest BCUT2D eigenvalue weighted by Gasteiger charge is -2.33. The van der Waals surface area contributed by atoms with Crippen molar-refractivity contribution in [3.05, 3.63) is 12.7 Å². The summed E-state index contributed by atoms with van der Waals surface area (Å²) in [5.41, 5.74) is 0. The van der Waals surface area contributed by atoms with Crippen LogP contribution in [-0.4, -0.2) is 13.3 Å². The SMILES string of the molecule is C=CCC1CC(CC=NC)C1. The zero-order valence-electron chi connectivity index (χ0n) is 7.29. The molecule has 1 fully saturated rings. The minimum Gasteiger partial charge on any atom is -0.301 e. The van der Waals surface area contributed by atoms with E-state index in [0.717, 1.165) is 11.8 Å². The van der Waals surface area contributed by atoms with Gasteiger partial charge in [-0.3, -0.25) is 0 Å². The zero-order chi connectivity index (χ0) is 8.10. The van der Waals surface area contributed by atoms with Crippen LogP contribution in [0.5, 0.6) is 0 Å². The highest BCUT2D eigenvalue weighted by Gasteiger charge is 2.26. The maximum Gasteiger partial charge on any atom is 0.0273 e. The van der Waals surface area contributed by atoms with E-state index >= 15 is 0 Å². The normalized spacial score (nSPS) is 30.3. The van der Waals surface area contributed by atoms with Gasteiger partial charge in [0.15, 0.2) is 0 Å². The van der Waals surface area contributed by atoms with E-state index in [1.54, 1.807) is 0 Å². The Kier molecular flexibility index (Phi) is 3.34. The molecule has 0 atom stereocenters. The van der Waals surface area contributed by atoms with E-state index < -0.39 is 0 Å². The monoisotopic (exact) mass is 151 g/mol. The molecule has 1 rings (SSSR count). The minimum absolute atomic E-state index is 0.920. The second kappa shape index (κ2) is 4.32. The molecule has 62 valence electrons. The third-order valence-corrected chi connectivity index (χ3v) is 2.45. The fourth-order valence-electron chi connectivity index (χ4n) is 1.75. The van der Waals surface area contributed by atoms with Crippen molar-refractivity contribution in [2.45, 2.75) is 25.7 Å². The molecule has 0 bridgehead atoms. The van der Waals surface area contributed by atoms with Gasteiger partial charge in [0.1, 0.15) is 0 Å². The Bertz CT molecular complexity index is 143. The van der Waals surface area contributed by atoms with Gasteiger partial charge in [0.25, 0.3) is 0 Å². The summed E-state index contributed by atoms with van der Waals surface area (Å²) >= 11 is 0. The van der Waals surface area contributed by atoms with Gasteiger partial charge in [-0.05, 0) is 43.7 Å². The number of hydrogen-bond acceptors (Lipinski definition) is 1. The molecule has 0 radical (unpaired) electrons. The fraction of sp³-hybridized carbons (Fsp3) is 0.700. The average Bonchev–Trinajstić information content (AvgIpc) is 1.94. The molecule has 1 heteroatoms. The molecule has 0 aliphatic heterocycles. The van der Waals surface area contributed by atoms with Crippen LogP contribution in [0.3, 0.4) is 0 Å². The largest absolute Gasteiger partial charge is 0.301 e. The molecule has 0 N–H and O–H groups in total. The van der Waals surface area contributed by atoms with Crippen molar-refractivity contribution >= 4 is 6.21 Å². The standard InChI is InChI=1S/C10H17N/c1-3-4-9-7-10(8-9)5-6-11-2/h3,6,9-10H,1,4-5,7-8H2,2H3. The van der Waals surface area contributed by atoms with E-state index in [2.05, 4.69) is 11.6 Å². The Morgan fingerprint density at radius 2 is 2.00 bits per heavy atom. The van der Waals surface area contributed by atoms with E-state index in [1.807, 2.05) is 19.3 Å². The van der Waals surface area contributed by atoms with Crippen molar-refractivity contribution in [1.29, 1.82) is 0 Å². The van der Waals surface area contributed by atoms with E-state index in [-0.39, 0.29) is 0 Å². The first-order chi connectivity index (χ1) is 5.36. The highest BCUT2D eigenvalue weighted by molar-refractivity contribution is 5.57. The Balaban J connectivity index is 2.04. The van der Waals surface area contributed by atoms with E-state index in [4.69, 9.17) is 0 Å². The molecule has 0 amide bonds. The van der Waals surface area contributed by atoms with Crippen LogP contribution in [0, 0.1) is 11.8 Å². The van der Waals surface area contributed by atoms with Gasteiger partial charge in [-0.25, -0.2) is 0 Å². The summed E-state index contributed by atoms with van der Waals surface area (Å²) in [6, 6.07) is 0. The molecule has 0 aromatic heterocycles. The van der Waals surface area contributed by atoms with Gasteiger partial charge in [0, 0.05) is 7.05 Å². The lowest BCUT2D eigenvalue weighted by atomic mass is 9.72.